The first-order chi connectivity index (χ1) is 14.9. The van der Waals surface area contributed by atoms with Crippen molar-refractivity contribution in [3.8, 4) is 11.1 Å². The third kappa shape index (κ3) is 4.32. The van der Waals surface area contributed by atoms with Gasteiger partial charge in [0.1, 0.15) is 5.82 Å². The molecule has 156 valence electrons. The van der Waals surface area contributed by atoms with E-state index < -0.39 is 11.7 Å². The highest BCUT2D eigenvalue weighted by Gasteiger charge is 2.16. The highest BCUT2D eigenvalue weighted by atomic mass is 19.1. The molecule has 3 heterocycles. The Kier molecular flexibility index (Phi) is 5.27. The van der Waals surface area contributed by atoms with E-state index in [0.717, 1.165) is 17.3 Å². The molecule has 4 rings (SSSR count). The summed E-state index contributed by atoms with van der Waals surface area (Å²) in [5, 5.41) is 12.8. The number of aromatic amines is 1. The van der Waals surface area contributed by atoms with Crippen molar-refractivity contribution < 1.29 is 14.0 Å². The van der Waals surface area contributed by atoms with Crippen LogP contribution in [0.4, 0.5) is 20.6 Å². The van der Waals surface area contributed by atoms with Crippen LogP contribution >= 0.6 is 0 Å². The second-order valence-corrected chi connectivity index (χ2v) is 6.97. The fourth-order valence-corrected chi connectivity index (χ4v) is 2.94. The van der Waals surface area contributed by atoms with Crippen LogP contribution in [0.1, 0.15) is 10.5 Å². The fraction of sp³-hybridized carbons (Fsp3) is 0.0952. The molecule has 0 aliphatic heterocycles. The first-order valence-electron chi connectivity index (χ1n) is 9.24. The van der Waals surface area contributed by atoms with Crippen molar-refractivity contribution in [2.24, 2.45) is 0 Å². The number of hydrogen-bond acceptors (Lipinski definition) is 5. The number of benzene rings is 1. The topological polar surface area (TPSA) is 116 Å². The van der Waals surface area contributed by atoms with Gasteiger partial charge in [-0.1, -0.05) is 6.07 Å². The van der Waals surface area contributed by atoms with Gasteiger partial charge >= 0.3 is 6.03 Å². The number of H-pyrrole nitrogens is 1. The van der Waals surface area contributed by atoms with Gasteiger partial charge in [0.25, 0.3) is 5.91 Å². The summed E-state index contributed by atoms with van der Waals surface area (Å²) in [6.45, 7) is 0. The highest BCUT2D eigenvalue weighted by Crippen LogP contribution is 2.27. The van der Waals surface area contributed by atoms with Crippen molar-refractivity contribution in [2.75, 3.05) is 24.7 Å². The molecular weight excluding hydrogens is 401 g/mol. The Morgan fingerprint density at radius 1 is 0.935 bits per heavy atom. The van der Waals surface area contributed by atoms with Gasteiger partial charge in [-0.3, -0.25) is 19.9 Å². The second kappa shape index (κ2) is 8.19. The summed E-state index contributed by atoms with van der Waals surface area (Å²) in [6.07, 6.45) is 5.60. The maximum absolute atomic E-state index is 13.3. The number of halogens is 1. The van der Waals surface area contributed by atoms with Gasteiger partial charge in [0.2, 0.25) is 0 Å². The maximum atomic E-state index is 13.3. The molecule has 0 fully saturated rings. The summed E-state index contributed by atoms with van der Waals surface area (Å²) in [5.74, 6) is -1.05. The van der Waals surface area contributed by atoms with E-state index in [1.807, 2.05) is 6.07 Å². The zero-order valence-corrected chi connectivity index (χ0v) is 16.7. The molecule has 10 heteroatoms. The molecule has 0 unspecified atom stereocenters. The highest BCUT2D eigenvalue weighted by molar-refractivity contribution is 6.11. The normalized spacial score (nSPS) is 10.7. The van der Waals surface area contributed by atoms with Crippen molar-refractivity contribution in [3.05, 3.63) is 66.6 Å². The summed E-state index contributed by atoms with van der Waals surface area (Å²) >= 11 is 0. The van der Waals surface area contributed by atoms with E-state index in [-0.39, 0.29) is 17.4 Å². The molecule has 1 aromatic carbocycles. The van der Waals surface area contributed by atoms with E-state index >= 15 is 0 Å². The zero-order valence-electron chi connectivity index (χ0n) is 16.7. The molecule has 0 saturated carbocycles. The molecule has 0 aliphatic rings. The van der Waals surface area contributed by atoms with Crippen LogP contribution in [0.3, 0.4) is 0 Å². The van der Waals surface area contributed by atoms with E-state index in [0.29, 0.717) is 16.6 Å². The SMILES string of the molecule is CN(C)C(=O)Nc1cncc(-c2ccc3[nH]nc(C(=O)Nc4cncc(F)c4)c3c2)c1. The van der Waals surface area contributed by atoms with Crippen LogP contribution < -0.4 is 10.6 Å². The molecule has 0 spiro atoms. The Morgan fingerprint density at radius 2 is 1.68 bits per heavy atom. The van der Waals surface area contributed by atoms with Crippen LogP contribution in [0.25, 0.3) is 22.0 Å². The smallest absolute Gasteiger partial charge is 0.321 e. The molecule has 31 heavy (non-hydrogen) atoms. The Balaban J connectivity index is 1.64. The minimum atomic E-state index is -0.555. The number of nitrogens with one attached hydrogen (secondary N) is 3. The third-order valence-corrected chi connectivity index (χ3v) is 4.47. The Labute approximate surface area is 176 Å². The lowest BCUT2D eigenvalue weighted by Gasteiger charge is -2.12. The van der Waals surface area contributed by atoms with Crippen molar-refractivity contribution >= 4 is 34.2 Å². The van der Waals surface area contributed by atoms with Crippen LogP contribution in [-0.2, 0) is 0 Å². The van der Waals surface area contributed by atoms with Crippen LogP contribution in [0.2, 0.25) is 0 Å². The molecule has 3 N–H and O–H groups in total. The minimum Gasteiger partial charge on any atom is -0.331 e. The molecule has 0 radical (unpaired) electrons. The molecule has 0 bridgehead atoms. The molecule has 3 aromatic heterocycles. The van der Waals surface area contributed by atoms with Gasteiger partial charge in [-0.05, 0) is 23.8 Å². The number of aromatic nitrogens is 4. The van der Waals surface area contributed by atoms with Crippen LogP contribution in [0.15, 0.2) is 55.1 Å². The number of nitrogens with zero attached hydrogens (tertiary/aromatic N) is 4. The summed E-state index contributed by atoms with van der Waals surface area (Å²) in [7, 11) is 3.29. The average Bonchev–Trinajstić information content (AvgIpc) is 3.17. The van der Waals surface area contributed by atoms with E-state index in [9.17, 15) is 14.0 Å². The van der Waals surface area contributed by atoms with Gasteiger partial charge in [0.05, 0.1) is 35.5 Å². The van der Waals surface area contributed by atoms with Crippen molar-refractivity contribution in [3.63, 3.8) is 0 Å². The number of anilines is 2. The number of rotatable bonds is 4. The average molecular weight is 419 g/mol. The molecule has 0 saturated heterocycles. The van der Waals surface area contributed by atoms with Gasteiger partial charge in [-0.25, -0.2) is 9.18 Å². The first-order valence-corrected chi connectivity index (χ1v) is 9.24. The molecule has 9 nitrogen and oxygen atoms in total. The Hall–Kier alpha value is -4.34. The van der Waals surface area contributed by atoms with Crippen LogP contribution in [0, 0.1) is 5.82 Å². The number of hydrogen-bond donors (Lipinski definition) is 3. The summed E-state index contributed by atoms with van der Waals surface area (Å²) in [5.41, 5.74) is 3.12. The number of pyridine rings is 2. The van der Waals surface area contributed by atoms with Crippen LogP contribution in [-0.4, -0.2) is 51.1 Å². The molecular formula is C21H18FN7O2. The van der Waals surface area contributed by atoms with E-state index in [4.69, 9.17) is 0 Å². The number of carbonyl (C=O) groups is 2. The molecule has 0 aliphatic carbocycles. The lowest BCUT2D eigenvalue weighted by Crippen LogP contribution is -2.27. The monoisotopic (exact) mass is 419 g/mol. The van der Waals surface area contributed by atoms with Gasteiger partial charge in [0, 0.05) is 37.3 Å². The number of carbonyl (C=O) groups excluding carboxylic acids is 2. The Bertz CT molecular complexity index is 1290. The Morgan fingerprint density at radius 3 is 2.42 bits per heavy atom. The summed E-state index contributed by atoms with van der Waals surface area (Å²) in [4.78, 5) is 33.9. The summed E-state index contributed by atoms with van der Waals surface area (Å²) in [6, 6.07) is 8.14. The maximum Gasteiger partial charge on any atom is 0.321 e. The quantitative estimate of drug-likeness (QED) is 0.468. The summed E-state index contributed by atoms with van der Waals surface area (Å²) < 4.78 is 13.3. The number of amides is 3. The lowest BCUT2D eigenvalue weighted by molar-refractivity contribution is 0.102. The molecule has 0 atom stereocenters. The minimum absolute atomic E-state index is 0.158. The largest absolute Gasteiger partial charge is 0.331 e. The van der Waals surface area contributed by atoms with Gasteiger partial charge in [-0.2, -0.15) is 5.10 Å². The van der Waals surface area contributed by atoms with Crippen molar-refractivity contribution in [1.82, 2.24) is 25.1 Å². The van der Waals surface area contributed by atoms with Gasteiger partial charge in [0.15, 0.2) is 5.69 Å². The second-order valence-electron chi connectivity index (χ2n) is 6.97. The number of fused-ring (bicyclic) bond motifs is 1. The van der Waals surface area contributed by atoms with Gasteiger partial charge in [-0.15, -0.1) is 0 Å². The predicted octanol–water partition coefficient (Wildman–Crippen LogP) is 3.50. The fourth-order valence-electron chi connectivity index (χ4n) is 2.94. The van der Waals surface area contributed by atoms with Gasteiger partial charge < -0.3 is 15.5 Å². The lowest BCUT2D eigenvalue weighted by atomic mass is 10.0. The third-order valence-electron chi connectivity index (χ3n) is 4.47. The van der Waals surface area contributed by atoms with E-state index in [1.165, 1.54) is 17.2 Å². The van der Waals surface area contributed by atoms with E-state index in [1.54, 1.807) is 44.7 Å². The number of urea groups is 1. The van der Waals surface area contributed by atoms with Crippen molar-refractivity contribution in [2.45, 2.75) is 0 Å². The molecule has 4 aromatic rings. The van der Waals surface area contributed by atoms with Crippen LogP contribution in [0.5, 0.6) is 0 Å². The van der Waals surface area contributed by atoms with Crippen molar-refractivity contribution in [1.29, 1.82) is 0 Å². The van der Waals surface area contributed by atoms with E-state index in [2.05, 4.69) is 30.8 Å². The predicted molar refractivity (Wildman–Crippen MR) is 114 cm³/mol. The first kappa shape index (κ1) is 20.0. The zero-order chi connectivity index (χ0) is 22.0. The molecule has 3 amide bonds. The standard InChI is InChI=1S/C21H18FN7O2/c1-29(2)21(31)26-15-5-13(8-23-10-15)12-3-4-18-17(6-12)19(28-27-18)20(30)25-16-7-14(22)9-24-11-16/h3-11H,1-2H3,(H,25,30)(H,26,31)(H,27,28).